The van der Waals surface area contributed by atoms with Crippen LogP contribution >= 0.6 is 0 Å². The van der Waals surface area contributed by atoms with E-state index in [4.69, 9.17) is 9.73 Å². The van der Waals surface area contributed by atoms with E-state index >= 15 is 0 Å². The van der Waals surface area contributed by atoms with Crippen LogP contribution in [-0.4, -0.2) is 25.4 Å². The van der Waals surface area contributed by atoms with E-state index in [0.29, 0.717) is 5.92 Å². The van der Waals surface area contributed by atoms with Crippen LogP contribution in [0.1, 0.15) is 51.2 Å². The van der Waals surface area contributed by atoms with Crippen molar-refractivity contribution in [2.24, 2.45) is 4.99 Å². The molecule has 1 aliphatic heterocycles. The highest BCUT2D eigenvalue weighted by Crippen LogP contribution is 2.45. The topological polar surface area (TPSA) is 24.8 Å². The van der Waals surface area contributed by atoms with Gasteiger partial charge in [0.1, 0.15) is 5.75 Å². The molecule has 150 valence electrons. The number of hydrogen-bond donors (Lipinski definition) is 0. The number of nitrogens with zero attached hydrogens (tertiary/aromatic N) is 2. The molecule has 3 aromatic carbocycles. The molecule has 0 saturated carbocycles. The Balaban J connectivity index is 1.74. The molecule has 0 radical (unpaired) electrons. The normalized spacial score (nSPS) is 18.2. The lowest BCUT2D eigenvalue weighted by Gasteiger charge is -2.47. The van der Waals surface area contributed by atoms with Crippen LogP contribution in [0.5, 0.6) is 5.75 Å². The molecular weight excluding hydrogens is 356 g/mol. The van der Waals surface area contributed by atoms with Gasteiger partial charge in [-0.15, -0.1) is 0 Å². The molecule has 4 rings (SSSR count). The summed E-state index contributed by atoms with van der Waals surface area (Å²) in [6.07, 6.45) is 3.08. The van der Waals surface area contributed by atoms with Crippen LogP contribution in [-0.2, 0) is 0 Å². The number of benzene rings is 3. The molecular formula is C26H30N2O. The highest BCUT2D eigenvalue weighted by atomic mass is 16.5. The lowest BCUT2D eigenvalue weighted by Crippen LogP contribution is -2.48. The third-order valence-electron chi connectivity index (χ3n) is 6.14. The molecule has 0 fully saturated rings. The fraction of sp³-hybridized carbons (Fsp3) is 0.346. The zero-order valence-corrected chi connectivity index (χ0v) is 18.1. The van der Waals surface area contributed by atoms with Crippen molar-refractivity contribution >= 4 is 28.4 Å². The minimum absolute atomic E-state index is 0.146. The Kier molecular flexibility index (Phi) is 5.08. The van der Waals surface area contributed by atoms with Gasteiger partial charge in [-0.1, -0.05) is 37.3 Å². The zero-order chi connectivity index (χ0) is 20.6. The average Bonchev–Trinajstić information content (AvgIpc) is 2.71. The molecule has 3 heteroatoms. The molecule has 1 atom stereocenters. The van der Waals surface area contributed by atoms with Crippen molar-refractivity contribution in [1.82, 2.24) is 0 Å². The Bertz CT molecular complexity index is 1070. The number of fused-ring (bicyclic) bond motifs is 2. The molecule has 1 unspecified atom stereocenters. The predicted octanol–water partition coefficient (Wildman–Crippen LogP) is 6.71. The maximum atomic E-state index is 5.75. The second-order valence-corrected chi connectivity index (χ2v) is 8.60. The first-order valence-electron chi connectivity index (χ1n) is 10.5. The van der Waals surface area contributed by atoms with Crippen molar-refractivity contribution in [2.45, 2.75) is 45.6 Å². The maximum absolute atomic E-state index is 5.75. The second kappa shape index (κ2) is 7.55. The summed E-state index contributed by atoms with van der Waals surface area (Å²) < 4.78 is 5.75. The van der Waals surface area contributed by atoms with E-state index in [1.807, 2.05) is 6.21 Å². The smallest absolute Gasteiger partial charge is 0.129 e. The molecule has 29 heavy (non-hydrogen) atoms. The van der Waals surface area contributed by atoms with Gasteiger partial charge >= 0.3 is 0 Å². The highest BCUT2D eigenvalue weighted by molar-refractivity contribution is 5.90. The van der Waals surface area contributed by atoms with Crippen molar-refractivity contribution in [2.75, 3.05) is 18.6 Å². The molecule has 0 spiro atoms. The van der Waals surface area contributed by atoms with Gasteiger partial charge in [0, 0.05) is 35.6 Å². The quantitative estimate of drug-likeness (QED) is 0.465. The van der Waals surface area contributed by atoms with Gasteiger partial charge in [0.25, 0.3) is 0 Å². The standard InChI is InChI=1S/C26H30N2O/c1-6-28-24-15-25(29-5)21(14-23(24)18(2)16-26(28,3)4)17-27-22-12-11-19-9-7-8-10-20(19)13-22/h7-15,17-18H,6,16H2,1-5H3. The SMILES string of the molecule is CCN1c2cc(OC)c(C=Nc3ccc4ccccc4c3)cc2C(C)CC1(C)C. The zero-order valence-electron chi connectivity index (χ0n) is 18.1. The number of ether oxygens (including phenoxy) is 1. The summed E-state index contributed by atoms with van der Waals surface area (Å²) in [5.74, 6) is 1.37. The van der Waals surface area contributed by atoms with Crippen molar-refractivity contribution in [3.63, 3.8) is 0 Å². The highest BCUT2D eigenvalue weighted by Gasteiger charge is 2.36. The molecule has 3 nitrogen and oxygen atoms in total. The van der Waals surface area contributed by atoms with Crippen LogP contribution in [0.15, 0.2) is 59.6 Å². The molecule has 0 aromatic heterocycles. The minimum atomic E-state index is 0.146. The van der Waals surface area contributed by atoms with E-state index in [2.05, 4.69) is 87.2 Å². The van der Waals surface area contributed by atoms with Gasteiger partial charge in [0.05, 0.1) is 12.8 Å². The Morgan fingerprint density at radius 1 is 1.10 bits per heavy atom. The summed E-state index contributed by atoms with van der Waals surface area (Å²) in [6.45, 7) is 10.2. The molecule has 1 heterocycles. The van der Waals surface area contributed by atoms with E-state index in [1.165, 1.54) is 22.0 Å². The van der Waals surface area contributed by atoms with Gasteiger partial charge < -0.3 is 9.64 Å². The van der Waals surface area contributed by atoms with Crippen molar-refractivity contribution in [3.8, 4) is 5.75 Å². The number of hydrogen-bond acceptors (Lipinski definition) is 3. The molecule has 3 aromatic rings. The molecule has 0 aliphatic carbocycles. The van der Waals surface area contributed by atoms with E-state index in [-0.39, 0.29) is 5.54 Å². The summed E-state index contributed by atoms with van der Waals surface area (Å²) in [5.41, 5.74) is 4.80. The van der Waals surface area contributed by atoms with E-state index in [0.717, 1.165) is 30.0 Å². The number of anilines is 1. The maximum Gasteiger partial charge on any atom is 0.129 e. The third kappa shape index (κ3) is 3.62. The van der Waals surface area contributed by atoms with Gasteiger partial charge in [-0.3, -0.25) is 4.99 Å². The van der Waals surface area contributed by atoms with Gasteiger partial charge in [-0.05, 0) is 67.6 Å². The Morgan fingerprint density at radius 3 is 2.59 bits per heavy atom. The third-order valence-corrected chi connectivity index (χ3v) is 6.14. The fourth-order valence-corrected chi connectivity index (χ4v) is 4.80. The van der Waals surface area contributed by atoms with Crippen molar-refractivity contribution in [3.05, 3.63) is 65.7 Å². The predicted molar refractivity (Wildman–Crippen MR) is 124 cm³/mol. The van der Waals surface area contributed by atoms with Gasteiger partial charge in [-0.25, -0.2) is 0 Å². The van der Waals surface area contributed by atoms with Crippen LogP contribution in [0.25, 0.3) is 10.8 Å². The van der Waals surface area contributed by atoms with Crippen LogP contribution in [0, 0.1) is 0 Å². The lowest BCUT2D eigenvalue weighted by atomic mass is 9.79. The molecule has 1 aliphatic rings. The molecule has 0 bridgehead atoms. The largest absolute Gasteiger partial charge is 0.496 e. The molecule has 0 amide bonds. The van der Waals surface area contributed by atoms with Crippen LogP contribution in [0.4, 0.5) is 11.4 Å². The van der Waals surface area contributed by atoms with E-state index in [1.54, 1.807) is 7.11 Å². The van der Waals surface area contributed by atoms with Gasteiger partial charge in [0.15, 0.2) is 0 Å². The van der Waals surface area contributed by atoms with Crippen LogP contribution in [0.2, 0.25) is 0 Å². The first kappa shape index (κ1) is 19.5. The average molecular weight is 387 g/mol. The van der Waals surface area contributed by atoms with E-state index in [9.17, 15) is 0 Å². The Hall–Kier alpha value is -2.81. The summed E-state index contributed by atoms with van der Waals surface area (Å²) >= 11 is 0. The van der Waals surface area contributed by atoms with E-state index < -0.39 is 0 Å². The Morgan fingerprint density at radius 2 is 1.86 bits per heavy atom. The van der Waals surface area contributed by atoms with Crippen LogP contribution < -0.4 is 9.64 Å². The first-order valence-corrected chi connectivity index (χ1v) is 10.5. The molecule has 0 saturated heterocycles. The van der Waals surface area contributed by atoms with Crippen molar-refractivity contribution < 1.29 is 4.74 Å². The van der Waals surface area contributed by atoms with Crippen LogP contribution in [0.3, 0.4) is 0 Å². The number of methoxy groups -OCH3 is 1. The Labute approximate surface area is 174 Å². The summed E-state index contributed by atoms with van der Waals surface area (Å²) in [6, 6.07) is 19.1. The van der Waals surface area contributed by atoms with Gasteiger partial charge in [0.2, 0.25) is 0 Å². The summed E-state index contributed by atoms with van der Waals surface area (Å²) in [5, 5.41) is 2.43. The number of rotatable bonds is 4. The minimum Gasteiger partial charge on any atom is -0.496 e. The molecule has 0 N–H and O–H groups in total. The summed E-state index contributed by atoms with van der Waals surface area (Å²) in [4.78, 5) is 7.25. The first-order chi connectivity index (χ1) is 13.9. The lowest BCUT2D eigenvalue weighted by molar-refractivity contribution is 0.377. The fourth-order valence-electron chi connectivity index (χ4n) is 4.80. The second-order valence-electron chi connectivity index (χ2n) is 8.60. The number of aliphatic imine (C=N–C) groups is 1. The van der Waals surface area contributed by atoms with Gasteiger partial charge in [-0.2, -0.15) is 0 Å². The van der Waals surface area contributed by atoms with Crippen molar-refractivity contribution in [1.29, 1.82) is 0 Å². The monoisotopic (exact) mass is 386 g/mol. The summed E-state index contributed by atoms with van der Waals surface area (Å²) in [7, 11) is 1.74.